The number of hydrogen-bond donors (Lipinski definition) is 1. The highest BCUT2D eigenvalue weighted by Gasteiger charge is 2.21. The molecule has 0 bridgehead atoms. The highest BCUT2D eigenvalue weighted by molar-refractivity contribution is 7.80. The van der Waals surface area contributed by atoms with Crippen LogP contribution in [0.15, 0.2) is 6.33 Å². The van der Waals surface area contributed by atoms with Gasteiger partial charge >= 0.3 is 5.95 Å². The maximum atomic E-state index is 10.3. The number of hydrogen-bond acceptors (Lipinski definition) is 5. The van der Waals surface area contributed by atoms with Gasteiger partial charge in [0, 0.05) is 5.10 Å². The first-order valence-electron chi connectivity index (χ1n) is 4.09. The minimum Gasteiger partial charge on any atom is -0.390 e. The van der Waals surface area contributed by atoms with E-state index in [9.17, 15) is 10.1 Å². The van der Waals surface area contributed by atoms with Crippen molar-refractivity contribution in [3.05, 3.63) is 16.4 Å². The van der Waals surface area contributed by atoms with Gasteiger partial charge in [-0.3, -0.25) is 0 Å². The lowest BCUT2D eigenvalue weighted by molar-refractivity contribution is -0.394. The van der Waals surface area contributed by atoms with Crippen LogP contribution in [0, 0.1) is 15.5 Å². The third-order valence-corrected chi connectivity index (χ3v) is 2.56. The van der Waals surface area contributed by atoms with Crippen LogP contribution in [0.2, 0.25) is 0 Å². The van der Waals surface area contributed by atoms with E-state index in [-0.39, 0.29) is 11.4 Å². The Hall–Kier alpha value is -1.11. The molecule has 0 aliphatic rings. The second-order valence-electron chi connectivity index (χ2n) is 3.82. The van der Waals surface area contributed by atoms with E-state index in [1.807, 2.05) is 13.8 Å². The molecule has 0 unspecified atom stereocenters. The summed E-state index contributed by atoms with van der Waals surface area (Å²) in [7, 11) is 0. The topological polar surface area (TPSA) is 73.8 Å². The van der Waals surface area contributed by atoms with Crippen molar-refractivity contribution in [2.24, 2.45) is 5.41 Å². The van der Waals surface area contributed by atoms with Crippen molar-refractivity contribution in [1.82, 2.24) is 14.8 Å². The van der Waals surface area contributed by atoms with E-state index in [2.05, 4.69) is 22.7 Å². The Morgan fingerprint density at radius 3 is 2.79 bits per heavy atom. The number of nitro groups is 1. The molecule has 0 fully saturated rings. The fraction of sp³-hybridized carbons (Fsp3) is 0.714. The van der Waals surface area contributed by atoms with Crippen molar-refractivity contribution in [3.63, 3.8) is 0 Å². The normalized spacial score (nSPS) is 11.6. The third-order valence-electron chi connectivity index (χ3n) is 1.71. The monoisotopic (exact) mass is 216 g/mol. The van der Waals surface area contributed by atoms with Crippen LogP contribution in [0.25, 0.3) is 0 Å². The summed E-state index contributed by atoms with van der Waals surface area (Å²) in [5, 5.41) is 14.0. The summed E-state index contributed by atoms with van der Waals surface area (Å²) in [6.45, 7) is 4.58. The van der Waals surface area contributed by atoms with Gasteiger partial charge < -0.3 is 10.1 Å². The molecule has 14 heavy (non-hydrogen) atoms. The van der Waals surface area contributed by atoms with Crippen molar-refractivity contribution in [3.8, 4) is 0 Å². The van der Waals surface area contributed by atoms with Crippen molar-refractivity contribution in [2.75, 3.05) is 5.75 Å². The second kappa shape index (κ2) is 3.95. The van der Waals surface area contributed by atoms with E-state index in [4.69, 9.17) is 0 Å². The van der Waals surface area contributed by atoms with Gasteiger partial charge in [-0.1, -0.05) is 18.8 Å². The Morgan fingerprint density at radius 2 is 2.36 bits per heavy atom. The summed E-state index contributed by atoms with van der Waals surface area (Å²) in [5.41, 5.74) is -0.0509. The molecule has 7 heteroatoms. The van der Waals surface area contributed by atoms with Crippen molar-refractivity contribution >= 4 is 18.6 Å². The average molecular weight is 216 g/mol. The molecule has 0 saturated heterocycles. The van der Waals surface area contributed by atoms with Crippen LogP contribution in [-0.2, 0) is 6.54 Å². The van der Waals surface area contributed by atoms with Gasteiger partial charge in [0.05, 0.1) is 6.54 Å². The van der Waals surface area contributed by atoms with E-state index in [0.717, 1.165) is 0 Å². The number of nitrogens with zero attached hydrogens (tertiary/aromatic N) is 4. The molecule has 0 atom stereocenters. The molecular weight excluding hydrogens is 204 g/mol. The molecule has 1 aromatic heterocycles. The quantitative estimate of drug-likeness (QED) is 0.465. The molecule has 1 aromatic rings. The predicted octanol–water partition coefficient (Wildman–Crippen LogP) is 1.14. The zero-order valence-corrected chi connectivity index (χ0v) is 8.94. The standard InChI is InChI=1S/C7H12N4O2S/c1-7(2,4-14)3-10-5-8-6(9-10)11(12)13/h5,14H,3-4H2,1-2H3. The van der Waals surface area contributed by atoms with Gasteiger partial charge in [0.25, 0.3) is 0 Å². The first-order chi connectivity index (χ1) is 6.44. The molecule has 1 heterocycles. The fourth-order valence-corrected chi connectivity index (χ4v) is 1.03. The summed E-state index contributed by atoms with van der Waals surface area (Å²) < 4.78 is 1.47. The highest BCUT2D eigenvalue weighted by Crippen LogP contribution is 2.19. The molecule has 0 aromatic carbocycles. The van der Waals surface area contributed by atoms with Crippen LogP contribution >= 0.6 is 12.6 Å². The highest BCUT2D eigenvalue weighted by atomic mass is 32.1. The predicted molar refractivity (Wildman–Crippen MR) is 54.3 cm³/mol. The minimum atomic E-state index is -0.607. The van der Waals surface area contributed by atoms with Crippen LogP contribution in [0.3, 0.4) is 0 Å². The molecular formula is C7H12N4O2S. The molecule has 6 nitrogen and oxygen atoms in total. The lowest BCUT2D eigenvalue weighted by Crippen LogP contribution is -2.21. The number of aromatic nitrogens is 3. The smallest absolute Gasteiger partial charge is 0.390 e. The van der Waals surface area contributed by atoms with Gasteiger partial charge in [-0.2, -0.15) is 17.3 Å². The average Bonchev–Trinajstić information content (AvgIpc) is 2.52. The van der Waals surface area contributed by atoms with E-state index >= 15 is 0 Å². The molecule has 0 spiro atoms. The summed E-state index contributed by atoms with van der Waals surface area (Å²) in [6.07, 6.45) is 1.36. The minimum absolute atomic E-state index is 0.0509. The van der Waals surface area contributed by atoms with Gasteiger partial charge in [-0.15, -0.1) is 0 Å². The lowest BCUT2D eigenvalue weighted by atomic mass is 9.97. The van der Waals surface area contributed by atoms with Gasteiger partial charge in [0.1, 0.15) is 0 Å². The summed E-state index contributed by atoms with van der Waals surface area (Å²) in [5.74, 6) is 0.320. The fourth-order valence-electron chi connectivity index (χ4n) is 0.933. The van der Waals surface area contributed by atoms with E-state index in [1.54, 1.807) is 0 Å². The maximum Gasteiger partial charge on any atom is 0.490 e. The Morgan fingerprint density at radius 1 is 1.71 bits per heavy atom. The molecule has 0 saturated carbocycles. The van der Waals surface area contributed by atoms with Crippen LogP contribution < -0.4 is 0 Å². The zero-order chi connectivity index (χ0) is 10.8. The molecule has 0 aliphatic heterocycles. The number of thiol groups is 1. The Labute approximate surface area is 86.9 Å². The van der Waals surface area contributed by atoms with Crippen molar-refractivity contribution in [2.45, 2.75) is 20.4 Å². The number of rotatable bonds is 4. The van der Waals surface area contributed by atoms with Gasteiger partial charge in [0.15, 0.2) is 0 Å². The summed E-state index contributed by atoms with van der Waals surface area (Å²) in [4.78, 5) is 13.3. The van der Waals surface area contributed by atoms with Crippen LogP contribution in [0.5, 0.6) is 0 Å². The van der Waals surface area contributed by atoms with Crippen molar-refractivity contribution < 1.29 is 4.92 Å². The molecule has 0 aliphatic carbocycles. The molecule has 0 radical (unpaired) electrons. The SMILES string of the molecule is CC(C)(CS)Cn1cnc([N+](=O)[O-])n1. The van der Waals surface area contributed by atoms with Crippen LogP contribution in [0.1, 0.15) is 13.8 Å². The van der Waals surface area contributed by atoms with E-state index in [1.165, 1.54) is 11.0 Å². The molecule has 0 N–H and O–H groups in total. The summed E-state index contributed by atoms with van der Waals surface area (Å²) >= 11 is 4.18. The summed E-state index contributed by atoms with van der Waals surface area (Å²) in [6, 6.07) is 0. The Bertz CT molecular complexity index is 336. The third kappa shape index (κ3) is 2.69. The molecule has 0 amide bonds. The first kappa shape index (κ1) is 11.0. The largest absolute Gasteiger partial charge is 0.490 e. The van der Waals surface area contributed by atoms with Gasteiger partial charge in [0.2, 0.25) is 6.33 Å². The maximum absolute atomic E-state index is 10.3. The van der Waals surface area contributed by atoms with Crippen LogP contribution in [0.4, 0.5) is 5.95 Å². The molecule has 78 valence electrons. The second-order valence-corrected chi connectivity index (χ2v) is 4.14. The van der Waals surface area contributed by atoms with Crippen molar-refractivity contribution in [1.29, 1.82) is 0 Å². The van der Waals surface area contributed by atoms with E-state index in [0.29, 0.717) is 12.3 Å². The van der Waals surface area contributed by atoms with Gasteiger partial charge in [-0.25, -0.2) is 0 Å². The van der Waals surface area contributed by atoms with Crippen LogP contribution in [-0.4, -0.2) is 25.4 Å². The van der Waals surface area contributed by atoms with E-state index < -0.39 is 4.92 Å². The molecule has 1 rings (SSSR count). The Kier molecular flexibility index (Phi) is 3.10. The lowest BCUT2D eigenvalue weighted by Gasteiger charge is -2.19. The first-order valence-corrected chi connectivity index (χ1v) is 4.72. The zero-order valence-electron chi connectivity index (χ0n) is 8.04. The van der Waals surface area contributed by atoms with Gasteiger partial charge in [-0.05, 0) is 16.1 Å². The Balaban J connectivity index is 2.73.